The molecule has 2 aromatic carbocycles. The summed E-state index contributed by atoms with van der Waals surface area (Å²) in [5, 5.41) is 0.678. The largest absolute Gasteiger partial charge is 0.398 e. The summed E-state index contributed by atoms with van der Waals surface area (Å²) in [7, 11) is 0. The van der Waals surface area contributed by atoms with Crippen molar-refractivity contribution in [1.82, 2.24) is 0 Å². The molecule has 100 valence electrons. The molecular weight excluding hydrogens is 254 g/mol. The normalized spacial score (nSPS) is 10.8. The maximum Gasteiger partial charge on any atom is 0.0426 e. The van der Waals surface area contributed by atoms with Crippen LogP contribution in [0.2, 0.25) is 5.02 Å². The highest BCUT2D eigenvalue weighted by atomic mass is 35.5. The zero-order valence-electron chi connectivity index (χ0n) is 12.2. The second-order valence-corrected chi connectivity index (χ2v) is 5.67. The first-order valence-corrected chi connectivity index (χ1v) is 6.84. The molecule has 0 heterocycles. The van der Waals surface area contributed by atoms with Crippen molar-refractivity contribution in [1.29, 1.82) is 0 Å². The van der Waals surface area contributed by atoms with Gasteiger partial charge in [-0.1, -0.05) is 17.7 Å². The maximum absolute atomic E-state index is 6.14. The average molecular weight is 274 g/mol. The van der Waals surface area contributed by atoms with E-state index in [0.29, 0.717) is 5.02 Å². The van der Waals surface area contributed by atoms with E-state index in [2.05, 4.69) is 34.6 Å². The van der Waals surface area contributed by atoms with Gasteiger partial charge in [-0.15, -0.1) is 0 Å². The summed E-state index contributed by atoms with van der Waals surface area (Å²) in [6.07, 6.45) is 0. The van der Waals surface area contributed by atoms with E-state index in [1.807, 2.05) is 18.2 Å². The Morgan fingerprint density at radius 3 is 1.74 bits per heavy atom. The Hall–Kier alpha value is -1.47. The van der Waals surface area contributed by atoms with Crippen LogP contribution in [0, 0.1) is 34.6 Å². The molecule has 0 aromatic heterocycles. The summed E-state index contributed by atoms with van der Waals surface area (Å²) in [4.78, 5) is 0. The Kier molecular flexibility index (Phi) is 3.60. The number of rotatable bonds is 1. The molecular formula is C17H20ClN. The summed E-state index contributed by atoms with van der Waals surface area (Å²) in [6.45, 7) is 10.9. The second kappa shape index (κ2) is 4.90. The zero-order chi connectivity index (χ0) is 14.3. The Bertz CT molecular complexity index is 628. The highest BCUT2D eigenvalue weighted by Crippen LogP contribution is 2.37. The third-order valence-electron chi connectivity index (χ3n) is 4.28. The molecule has 0 spiro atoms. The monoisotopic (exact) mass is 273 g/mol. The van der Waals surface area contributed by atoms with Gasteiger partial charge in [-0.2, -0.15) is 0 Å². The molecule has 19 heavy (non-hydrogen) atoms. The highest BCUT2D eigenvalue weighted by molar-refractivity contribution is 6.31. The van der Waals surface area contributed by atoms with E-state index in [1.54, 1.807) is 0 Å². The molecule has 0 aliphatic rings. The quantitative estimate of drug-likeness (QED) is 0.716. The van der Waals surface area contributed by atoms with Crippen molar-refractivity contribution >= 4 is 17.3 Å². The molecule has 0 amide bonds. The molecule has 2 rings (SSSR count). The minimum atomic E-state index is 0.678. The van der Waals surface area contributed by atoms with Crippen molar-refractivity contribution in [2.45, 2.75) is 34.6 Å². The number of hydrogen-bond acceptors (Lipinski definition) is 1. The lowest BCUT2D eigenvalue weighted by atomic mass is 9.86. The SMILES string of the molecule is Cc1c(C)c(C)c(-c2ccc(Cl)cc2N)c(C)c1C. The number of benzene rings is 2. The van der Waals surface area contributed by atoms with Crippen molar-refractivity contribution < 1.29 is 0 Å². The summed E-state index contributed by atoms with van der Waals surface area (Å²) in [5.74, 6) is 0. The first-order chi connectivity index (χ1) is 8.84. The van der Waals surface area contributed by atoms with Crippen LogP contribution in [0.3, 0.4) is 0 Å². The van der Waals surface area contributed by atoms with Crippen LogP contribution in [0.1, 0.15) is 27.8 Å². The fraction of sp³-hybridized carbons (Fsp3) is 0.294. The van der Waals surface area contributed by atoms with Gasteiger partial charge in [0.1, 0.15) is 0 Å². The smallest absolute Gasteiger partial charge is 0.0426 e. The van der Waals surface area contributed by atoms with Crippen molar-refractivity contribution in [2.75, 3.05) is 5.73 Å². The Morgan fingerprint density at radius 1 is 0.789 bits per heavy atom. The topological polar surface area (TPSA) is 26.0 Å². The molecule has 0 bridgehead atoms. The zero-order valence-corrected chi connectivity index (χ0v) is 12.9. The van der Waals surface area contributed by atoms with Crippen molar-refractivity contribution in [2.24, 2.45) is 0 Å². The lowest BCUT2D eigenvalue weighted by molar-refractivity contribution is 1.18. The van der Waals surface area contributed by atoms with Crippen molar-refractivity contribution in [3.63, 3.8) is 0 Å². The lowest BCUT2D eigenvalue weighted by Crippen LogP contribution is -2.01. The van der Waals surface area contributed by atoms with Gasteiger partial charge in [-0.05, 0) is 80.1 Å². The molecule has 0 atom stereocenters. The third-order valence-corrected chi connectivity index (χ3v) is 4.52. The Morgan fingerprint density at radius 2 is 1.26 bits per heavy atom. The number of halogens is 1. The van der Waals surface area contributed by atoms with E-state index < -0.39 is 0 Å². The fourth-order valence-corrected chi connectivity index (χ4v) is 2.85. The number of nitrogens with two attached hydrogens (primary N) is 1. The van der Waals surface area contributed by atoms with E-state index in [1.165, 1.54) is 33.4 Å². The molecule has 0 aliphatic heterocycles. The van der Waals surface area contributed by atoms with Gasteiger partial charge in [0, 0.05) is 16.3 Å². The lowest BCUT2D eigenvalue weighted by Gasteiger charge is -2.20. The van der Waals surface area contributed by atoms with Crippen LogP contribution in [0.4, 0.5) is 5.69 Å². The van der Waals surface area contributed by atoms with Gasteiger partial charge >= 0.3 is 0 Å². The average Bonchev–Trinajstić information content (AvgIpc) is 2.37. The first-order valence-electron chi connectivity index (χ1n) is 6.47. The van der Waals surface area contributed by atoms with Crippen LogP contribution < -0.4 is 5.73 Å². The van der Waals surface area contributed by atoms with E-state index in [-0.39, 0.29) is 0 Å². The van der Waals surface area contributed by atoms with Crippen LogP contribution in [0.15, 0.2) is 18.2 Å². The molecule has 0 aliphatic carbocycles. The predicted molar refractivity (Wildman–Crippen MR) is 85.0 cm³/mol. The van der Waals surface area contributed by atoms with Gasteiger partial charge < -0.3 is 5.73 Å². The third kappa shape index (κ3) is 2.23. The molecule has 0 unspecified atom stereocenters. The second-order valence-electron chi connectivity index (χ2n) is 5.23. The molecule has 0 saturated heterocycles. The minimum absolute atomic E-state index is 0.678. The first kappa shape index (κ1) is 14.0. The van der Waals surface area contributed by atoms with E-state index in [4.69, 9.17) is 17.3 Å². The summed E-state index contributed by atoms with van der Waals surface area (Å²) in [5.41, 5.74) is 15.9. The minimum Gasteiger partial charge on any atom is -0.398 e. The fourth-order valence-electron chi connectivity index (χ4n) is 2.67. The molecule has 0 radical (unpaired) electrons. The molecule has 1 nitrogen and oxygen atoms in total. The van der Waals surface area contributed by atoms with E-state index >= 15 is 0 Å². The number of hydrogen-bond donors (Lipinski definition) is 1. The van der Waals surface area contributed by atoms with Crippen LogP contribution in [0.25, 0.3) is 11.1 Å². The van der Waals surface area contributed by atoms with Gasteiger partial charge in [-0.25, -0.2) is 0 Å². The van der Waals surface area contributed by atoms with Gasteiger partial charge in [0.25, 0.3) is 0 Å². The van der Waals surface area contributed by atoms with Crippen LogP contribution in [-0.4, -0.2) is 0 Å². The molecule has 2 aromatic rings. The number of anilines is 1. The molecule has 0 saturated carbocycles. The van der Waals surface area contributed by atoms with Crippen LogP contribution >= 0.6 is 11.6 Å². The van der Waals surface area contributed by atoms with Gasteiger partial charge in [0.05, 0.1) is 0 Å². The van der Waals surface area contributed by atoms with E-state index in [9.17, 15) is 0 Å². The summed E-state index contributed by atoms with van der Waals surface area (Å²) < 4.78 is 0. The maximum atomic E-state index is 6.14. The Labute approximate surface area is 120 Å². The van der Waals surface area contributed by atoms with Crippen molar-refractivity contribution in [3.05, 3.63) is 51.0 Å². The van der Waals surface area contributed by atoms with Gasteiger partial charge in [0.15, 0.2) is 0 Å². The molecule has 2 heteroatoms. The van der Waals surface area contributed by atoms with Gasteiger partial charge in [-0.3, -0.25) is 0 Å². The molecule has 0 fully saturated rings. The van der Waals surface area contributed by atoms with E-state index in [0.717, 1.165) is 11.3 Å². The predicted octanol–water partition coefficient (Wildman–Crippen LogP) is 5.13. The number of nitrogen functional groups attached to an aromatic ring is 1. The Balaban J connectivity index is 2.83. The van der Waals surface area contributed by atoms with Gasteiger partial charge in [0.2, 0.25) is 0 Å². The van der Waals surface area contributed by atoms with Crippen molar-refractivity contribution in [3.8, 4) is 11.1 Å². The summed E-state index contributed by atoms with van der Waals surface area (Å²) >= 11 is 5.99. The van der Waals surface area contributed by atoms with Crippen LogP contribution in [-0.2, 0) is 0 Å². The highest BCUT2D eigenvalue weighted by Gasteiger charge is 2.15. The molecule has 2 N–H and O–H groups in total. The summed E-state index contributed by atoms with van der Waals surface area (Å²) in [6, 6.07) is 5.73. The van der Waals surface area contributed by atoms with Crippen LogP contribution in [0.5, 0.6) is 0 Å². The standard InChI is InChI=1S/C17H20ClN/c1-9-10(2)12(4)17(13(5)11(9)3)15-7-6-14(18)8-16(15)19/h6-8H,19H2,1-5H3.